The summed E-state index contributed by atoms with van der Waals surface area (Å²) >= 11 is 1.70. The summed E-state index contributed by atoms with van der Waals surface area (Å²) in [7, 11) is 0. The van der Waals surface area contributed by atoms with Gasteiger partial charge in [0.2, 0.25) is 0 Å². The Hall–Kier alpha value is -2.67. The summed E-state index contributed by atoms with van der Waals surface area (Å²) in [5, 5.41) is 11.9. The van der Waals surface area contributed by atoms with E-state index in [0.29, 0.717) is 13.1 Å². The first kappa shape index (κ1) is 17.2. The lowest BCUT2D eigenvalue weighted by molar-refractivity contribution is 0.811. The lowest BCUT2D eigenvalue weighted by Crippen LogP contribution is -2.36. The number of nitrogens with zero attached hydrogens (tertiary/aromatic N) is 4. The lowest BCUT2D eigenvalue weighted by atomic mass is 10.2. The van der Waals surface area contributed by atoms with Gasteiger partial charge in [-0.2, -0.15) is 5.10 Å². The summed E-state index contributed by atoms with van der Waals surface area (Å²) in [6.45, 7) is 6.24. The van der Waals surface area contributed by atoms with Crippen molar-refractivity contribution in [3.05, 3.63) is 64.4 Å². The van der Waals surface area contributed by atoms with E-state index in [9.17, 15) is 0 Å². The molecule has 0 amide bonds. The number of guanidine groups is 1. The summed E-state index contributed by atoms with van der Waals surface area (Å²) < 4.78 is 1.84. The first-order valence-corrected chi connectivity index (χ1v) is 9.08. The van der Waals surface area contributed by atoms with Crippen LogP contribution in [0, 0.1) is 6.92 Å². The van der Waals surface area contributed by atoms with E-state index in [2.05, 4.69) is 63.8 Å². The van der Waals surface area contributed by atoms with E-state index in [0.717, 1.165) is 28.8 Å². The van der Waals surface area contributed by atoms with Crippen molar-refractivity contribution in [2.24, 2.45) is 4.99 Å². The molecule has 0 aliphatic rings. The Morgan fingerprint density at radius 1 is 1.24 bits per heavy atom. The van der Waals surface area contributed by atoms with Gasteiger partial charge < -0.3 is 10.6 Å². The van der Waals surface area contributed by atoms with Gasteiger partial charge in [0, 0.05) is 30.0 Å². The third-order valence-corrected chi connectivity index (χ3v) is 4.46. The number of hydrogen-bond acceptors (Lipinski definition) is 4. The zero-order chi connectivity index (χ0) is 17.5. The molecule has 2 aromatic heterocycles. The summed E-state index contributed by atoms with van der Waals surface area (Å²) in [6.07, 6.45) is 5.60. The molecule has 0 unspecified atom stereocenters. The van der Waals surface area contributed by atoms with Crippen LogP contribution in [-0.2, 0) is 13.1 Å². The largest absolute Gasteiger partial charge is 0.357 e. The Kier molecular flexibility index (Phi) is 5.79. The van der Waals surface area contributed by atoms with Gasteiger partial charge in [-0.25, -0.2) is 14.7 Å². The number of aliphatic imine (C=N–C) groups is 1. The maximum Gasteiger partial charge on any atom is 0.191 e. The highest BCUT2D eigenvalue weighted by molar-refractivity contribution is 7.11. The van der Waals surface area contributed by atoms with Gasteiger partial charge in [-0.15, -0.1) is 11.3 Å². The second-order valence-corrected chi connectivity index (χ2v) is 6.85. The van der Waals surface area contributed by atoms with Crippen LogP contribution in [0.3, 0.4) is 0 Å². The van der Waals surface area contributed by atoms with Crippen LogP contribution in [0.25, 0.3) is 5.69 Å². The minimum atomic E-state index is 0.617. The predicted molar refractivity (Wildman–Crippen MR) is 102 cm³/mol. The predicted octanol–water partition coefficient (Wildman–Crippen LogP) is 2.89. The van der Waals surface area contributed by atoms with E-state index in [1.54, 1.807) is 17.5 Å². The van der Waals surface area contributed by atoms with Crippen LogP contribution in [0.2, 0.25) is 0 Å². The van der Waals surface area contributed by atoms with Crippen LogP contribution in [0.1, 0.15) is 22.4 Å². The molecule has 3 aromatic rings. The molecular weight excluding hydrogens is 332 g/mol. The van der Waals surface area contributed by atoms with Crippen molar-refractivity contribution >= 4 is 17.3 Å². The van der Waals surface area contributed by atoms with Gasteiger partial charge in [-0.1, -0.05) is 12.1 Å². The average molecular weight is 354 g/mol. The average Bonchev–Trinajstić information content (AvgIpc) is 3.30. The zero-order valence-electron chi connectivity index (χ0n) is 14.4. The van der Waals surface area contributed by atoms with Crippen molar-refractivity contribution in [3.63, 3.8) is 0 Å². The van der Waals surface area contributed by atoms with E-state index in [1.807, 2.05) is 23.1 Å². The molecule has 1 aromatic carbocycles. The lowest BCUT2D eigenvalue weighted by Gasteiger charge is -2.10. The number of aryl methyl sites for hydroxylation is 1. The number of thiazole rings is 1. The van der Waals surface area contributed by atoms with E-state index < -0.39 is 0 Å². The Labute approximate surface area is 151 Å². The van der Waals surface area contributed by atoms with Gasteiger partial charge in [0.1, 0.15) is 5.01 Å². The highest BCUT2D eigenvalue weighted by Gasteiger charge is 2.02. The normalized spacial score (nSPS) is 11.5. The third-order valence-electron chi connectivity index (χ3n) is 3.55. The number of nitrogens with one attached hydrogen (secondary N) is 2. The van der Waals surface area contributed by atoms with Gasteiger partial charge in [-0.3, -0.25) is 0 Å². The van der Waals surface area contributed by atoms with Crippen LogP contribution in [-0.4, -0.2) is 27.3 Å². The van der Waals surface area contributed by atoms with Crippen LogP contribution in [0.4, 0.5) is 0 Å². The van der Waals surface area contributed by atoms with Crippen molar-refractivity contribution in [1.29, 1.82) is 0 Å². The molecule has 6 nitrogen and oxygen atoms in total. The van der Waals surface area contributed by atoms with Crippen molar-refractivity contribution in [1.82, 2.24) is 25.4 Å². The molecule has 2 N–H and O–H groups in total. The van der Waals surface area contributed by atoms with Gasteiger partial charge in [0.05, 0.1) is 18.8 Å². The van der Waals surface area contributed by atoms with Gasteiger partial charge in [0.25, 0.3) is 0 Å². The monoisotopic (exact) mass is 354 g/mol. The molecular formula is C18H22N6S. The molecule has 0 saturated carbocycles. The van der Waals surface area contributed by atoms with E-state index >= 15 is 0 Å². The van der Waals surface area contributed by atoms with E-state index in [1.165, 1.54) is 4.88 Å². The van der Waals surface area contributed by atoms with Gasteiger partial charge in [-0.05, 0) is 37.6 Å². The Morgan fingerprint density at radius 3 is 2.72 bits per heavy atom. The molecule has 0 fully saturated rings. The minimum Gasteiger partial charge on any atom is -0.357 e. The van der Waals surface area contributed by atoms with Crippen LogP contribution >= 0.6 is 11.3 Å². The molecule has 7 heteroatoms. The zero-order valence-corrected chi connectivity index (χ0v) is 15.3. The molecule has 2 heterocycles. The first-order chi connectivity index (χ1) is 12.2. The molecule has 130 valence electrons. The highest BCUT2D eigenvalue weighted by Crippen LogP contribution is 2.11. The molecule has 0 bridgehead atoms. The molecule has 0 aliphatic carbocycles. The fourth-order valence-electron chi connectivity index (χ4n) is 2.33. The third kappa shape index (κ3) is 4.90. The first-order valence-electron chi connectivity index (χ1n) is 8.27. The number of hydrogen-bond donors (Lipinski definition) is 2. The van der Waals surface area contributed by atoms with Crippen molar-refractivity contribution in [3.8, 4) is 5.69 Å². The fraction of sp³-hybridized carbons (Fsp3) is 0.278. The summed E-state index contributed by atoms with van der Waals surface area (Å²) in [4.78, 5) is 10.2. The van der Waals surface area contributed by atoms with Gasteiger partial charge >= 0.3 is 0 Å². The number of rotatable bonds is 6. The van der Waals surface area contributed by atoms with E-state index in [-0.39, 0.29) is 0 Å². The molecule has 0 aliphatic heterocycles. The molecule has 25 heavy (non-hydrogen) atoms. The Balaban J connectivity index is 1.60. The Morgan fingerprint density at radius 2 is 2.08 bits per heavy atom. The highest BCUT2D eigenvalue weighted by atomic mass is 32.1. The minimum absolute atomic E-state index is 0.617. The Bertz CT molecular complexity index is 804. The maximum atomic E-state index is 4.65. The van der Waals surface area contributed by atoms with Gasteiger partial charge in [0.15, 0.2) is 5.96 Å². The molecule has 0 atom stereocenters. The van der Waals surface area contributed by atoms with Crippen LogP contribution < -0.4 is 10.6 Å². The topological polar surface area (TPSA) is 67.1 Å². The summed E-state index contributed by atoms with van der Waals surface area (Å²) in [6, 6.07) is 10.2. The standard InChI is InChI=1S/C18H22N6S/c1-3-19-18(22-13-17-20-11-14(2)25-17)21-12-15-5-7-16(8-6-15)24-10-4-9-23-24/h4-11H,3,12-13H2,1-2H3,(H2,19,21,22). The SMILES string of the molecule is CCNC(=NCc1ccc(-n2cccn2)cc1)NCc1ncc(C)s1. The summed E-state index contributed by atoms with van der Waals surface area (Å²) in [5.41, 5.74) is 2.19. The molecule has 0 saturated heterocycles. The second-order valence-electron chi connectivity index (χ2n) is 5.53. The van der Waals surface area contributed by atoms with E-state index in [4.69, 9.17) is 0 Å². The van der Waals surface area contributed by atoms with Crippen molar-refractivity contribution in [2.45, 2.75) is 26.9 Å². The maximum absolute atomic E-state index is 4.65. The molecule has 0 spiro atoms. The fourth-order valence-corrected chi connectivity index (χ4v) is 3.06. The smallest absolute Gasteiger partial charge is 0.191 e. The molecule has 0 radical (unpaired) electrons. The second kappa shape index (κ2) is 8.43. The van der Waals surface area contributed by atoms with Crippen LogP contribution in [0.15, 0.2) is 53.9 Å². The van der Waals surface area contributed by atoms with Crippen molar-refractivity contribution in [2.75, 3.05) is 6.54 Å². The quantitative estimate of drug-likeness (QED) is 0.528. The van der Waals surface area contributed by atoms with Crippen molar-refractivity contribution < 1.29 is 0 Å². The number of aromatic nitrogens is 3. The summed E-state index contributed by atoms with van der Waals surface area (Å²) in [5.74, 6) is 0.798. The number of benzene rings is 1. The van der Waals surface area contributed by atoms with Crippen LogP contribution in [0.5, 0.6) is 0 Å². The molecule has 3 rings (SSSR count).